The Morgan fingerprint density at radius 1 is 1.53 bits per heavy atom. The first-order chi connectivity index (χ1) is 7.22. The molecule has 84 valence electrons. The lowest BCUT2D eigenvalue weighted by molar-refractivity contribution is -0.143. The highest BCUT2D eigenvalue weighted by molar-refractivity contribution is 5.70. The van der Waals surface area contributed by atoms with Crippen LogP contribution < -0.4 is 0 Å². The first-order valence-electron chi connectivity index (χ1n) is 6.07. The predicted octanol–water partition coefficient (Wildman–Crippen LogP) is 3.08. The van der Waals surface area contributed by atoms with Crippen molar-refractivity contribution in [3.05, 3.63) is 11.1 Å². The second-order valence-corrected chi connectivity index (χ2v) is 4.74. The lowest BCUT2D eigenvalue weighted by atomic mass is 9.95. The summed E-state index contributed by atoms with van der Waals surface area (Å²) < 4.78 is 5.01. The third-order valence-corrected chi connectivity index (χ3v) is 3.90. The van der Waals surface area contributed by atoms with Crippen LogP contribution in [0.3, 0.4) is 0 Å². The van der Waals surface area contributed by atoms with Crippen molar-refractivity contribution in [3.63, 3.8) is 0 Å². The molecule has 0 amide bonds. The Morgan fingerprint density at radius 2 is 2.33 bits per heavy atom. The molecule has 0 aromatic rings. The van der Waals surface area contributed by atoms with Crippen LogP contribution in [0.2, 0.25) is 0 Å². The number of carbonyl (C=O) groups excluding carboxylic acids is 1. The van der Waals surface area contributed by atoms with E-state index in [0.717, 1.165) is 5.92 Å². The molecule has 0 aliphatic heterocycles. The number of esters is 1. The molecule has 15 heavy (non-hydrogen) atoms. The van der Waals surface area contributed by atoms with E-state index in [9.17, 15) is 4.79 Å². The molecule has 0 heterocycles. The number of carbonyl (C=O) groups is 1. The molecule has 2 atom stereocenters. The molecule has 0 N–H and O–H groups in total. The van der Waals surface area contributed by atoms with Gasteiger partial charge in [-0.15, -0.1) is 0 Å². The molecule has 2 unspecified atom stereocenters. The minimum absolute atomic E-state index is 0.0255. The summed E-state index contributed by atoms with van der Waals surface area (Å²) in [5.41, 5.74) is 3.15. The summed E-state index contributed by atoms with van der Waals surface area (Å²) in [5.74, 6) is 1.25. The molecule has 2 nitrogen and oxygen atoms in total. The number of ether oxygens (including phenoxy) is 1. The van der Waals surface area contributed by atoms with Gasteiger partial charge in [-0.25, -0.2) is 0 Å². The molecule has 2 aliphatic carbocycles. The van der Waals surface area contributed by atoms with Crippen LogP contribution in [0.15, 0.2) is 11.1 Å². The van der Waals surface area contributed by atoms with E-state index in [1.807, 2.05) is 6.92 Å². The van der Waals surface area contributed by atoms with Crippen molar-refractivity contribution < 1.29 is 9.53 Å². The van der Waals surface area contributed by atoms with E-state index >= 15 is 0 Å². The van der Waals surface area contributed by atoms with Gasteiger partial charge >= 0.3 is 5.97 Å². The van der Waals surface area contributed by atoms with E-state index in [1.54, 1.807) is 5.57 Å². The quantitative estimate of drug-likeness (QED) is 0.526. The molecule has 0 radical (unpaired) electrons. The smallest absolute Gasteiger partial charge is 0.306 e. The lowest BCUT2D eigenvalue weighted by Crippen LogP contribution is -2.11. The van der Waals surface area contributed by atoms with Gasteiger partial charge in [0.15, 0.2) is 0 Å². The Balaban J connectivity index is 1.96. The van der Waals surface area contributed by atoms with Crippen LogP contribution >= 0.6 is 0 Å². The average molecular weight is 208 g/mol. The van der Waals surface area contributed by atoms with Crippen molar-refractivity contribution in [2.45, 2.75) is 46.0 Å². The molecule has 2 heteroatoms. The van der Waals surface area contributed by atoms with Gasteiger partial charge in [0.05, 0.1) is 13.0 Å². The van der Waals surface area contributed by atoms with Crippen LogP contribution in [0.4, 0.5) is 0 Å². The first kappa shape index (κ1) is 10.7. The van der Waals surface area contributed by atoms with Gasteiger partial charge in [0.1, 0.15) is 0 Å². The zero-order valence-corrected chi connectivity index (χ0v) is 9.71. The van der Waals surface area contributed by atoms with Crippen molar-refractivity contribution in [2.75, 3.05) is 6.61 Å². The SMILES string of the molecule is CCOC(=O)CC1CC2CCCC2=C1C. The van der Waals surface area contributed by atoms with E-state index in [0.29, 0.717) is 18.9 Å². The van der Waals surface area contributed by atoms with Crippen molar-refractivity contribution in [1.29, 1.82) is 0 Å². The number of rotatable bonds is 3. The van der Waals surface area contributed by atoms with Crippen LogP contribution in [0, 0.1) is 11.8 Å². The Morgan fingerprint density at radius 3 is 3.00 bits per heavy atom. The fraction of sp³-hybridized carbons (Fsp3) is 0.769. The summed E-state index contributed by atoms with van der Waals surface area (Å²) in [4.78, 5) is 11.4. The van der Waals surface area contributed by atoms with Crippen molar-refractivity contribution in [2.24, 2.45) is 11.8 Å². The van der Waals surface area contributed by atoms with Gasteiger partial charge in [-0.1, -0.05) is 11.1 Å². The molecule has 1 saturated carbocycles. The van der Waals surface area contributed by atoms with Gasteiger partial charge in [-0.05, 0) is 51.4 Å². The van der Waals surface area contributed by atoms with Gasteiger partial charge in [-0.2, -0.15) is 0 Å². The van der Waals surface area contributed by atoms with Crippen molar-refractivity contribution >= 4 is 5.97 Å². The van der Waals surface area contributed by atoms with E-state index in [1.165, 1.54) is 31.3 Å². The standard InChI is InChI=1S/C13H20O2/c1-3-15-13(14)8-11-7-10-5-4-6-12(10)9(11)2/h10-11H,3-8H2,1-2H3. The predicted molar refractivity (Wildman–Crippen MR) is 59.4 cm³/mol. The van der Waals surface area contributed by atoms with Crippen molar-refractivity contribution in [3.8, 4) is 0 Å². The maximum absolute atomic E-state index is 11.4. The van der Waals surface area contributed by atoms with E-state index in [-0.39, 0.29) is 5.97 Å². The lowest BCUT2D eigenvalue weighted by Gasteiger charge is -2.12. The zero-order valence-electron chi connectivity index (χ0n) is 9.71. The van der Waals surface area contributed by atoms with Gasteiger partial charge in [0.2, 0.25) is 0 Å². The Labute approximate surface area is 91.7 Å². The normalized spacial score (nSPS) is 29.5. The monoisotopic (exact) mass is 208 g/mol. The maximum atomic E-state index is 11.4. The number of hydrogen-bond donors (Lipinski definition) is 0. The van der Waals surface area contributed by atoms with Gasteiger partial charge in [0, 0.05) is 0 Å². The molecule has 1 fully saturated rings. The fourth-order valence-electron chi connectivity index (χ4n) is 3.14. The maximum Gasteiger partial charge on any atom is 0.306 e. The summed E-state index contributed by atoms with van der Waals surface area (Å²) in [6.07, 6.45) is 5.75. The van der Waals surface area contributed by atoms with Crippen molar-refractivity contribution in [1.82, 2.24) is 0 Å². The van der Waals surface area contributed by atoms with E-state index in [4.69, 9.17) is 4.74 Å². The van der Waals surface area contributed by atoms with Gasteiger partial charge < -0.3 is 4.74 Å². The van der Waals surface area contributed by atoms with Crippen LogP contribution in [0.25, 0.3) is 0 Å². The largest absolute Gasteiger partial charge is 0.466 e. The highest BCUT2D eigenvalue weighted by Gasteiger charge is 2.34. The van der Waals surface area contributed by atoms with E-state index in [2.05, 4.69) is 6.92 Å². The second-order valence-electron chi connectivity index (χ2n) is 4.74. The molecule has 0 spiro atoms. The topological polar surface area (TPSA) is 26.3 Å². The minimum atomic E-state index is -0.0255. The third kappa shape index (κ3) is 2.09. The van der Waals surface area contributed by atoms with Crippen LogP contribution in [0.5, 0.6) is 0 Å². The van der Waals surface area contributed by atoms with Gasteiger partial charge in [-0.3, -0.25) is 4.79 Å². The molecule has 0 bridgehead atoms. The van der Waals surface area contributed by atoms with E-state index < -0.39 is 0 Å². The first-order valence-corrected chi connectivity index (χ1v) is 6.07. The summed E-state index contributed by atoms with van der Waals surface area (Å²) in [5, 5.41) is 0. The second kappa shape index (κ2) is 4.38. The molecule has 2 rings (SSSR count). The minimum Gasteiger partial charge on any atom is -0.466 e. The number of allylic oxidation sites excluding steroid dienone is 2. The Hall–Kier alpha value is -0.790. The highest BCUT2D eigenvalue weighted by Crippen LogP contribution is 2.47. The van der Waals surface area contributed by atoms with Crippen LogP contribution in [-0.2, 0) is 9.53 Å². The van der Waals surface area contributed by atoms with Crippen LogP contribution in [-0.4, -0.2) is 12.6 Å². The summed E-state index contributed by atoms with van der Waals surface area (Å²) >= 11 is 0. The highest BCUT2D eigenvalue weighted by atomic mass is 16.5. The average Bonchev–Trinajstić information content (AvgIpc) is 2.72. The van der Waals surface area contributed by atoms with Gasteiger partial charge in [0.25, 0.3) is 0 Å². The molecule has 0 aromatic heterocycles. The molecular weight excluding hydrogens is 188 g/mol. The number of fused-ring (bicyclic) bond motifs is 1. The zero-order chi connectivity index (χ0) is 10.8. The summed E-state index contributed by atoms with van der Waals surface area (Å²) in [6, 6.07) is 0. The third-order valence-electron chi connectivity index (χ3n) is 3.90. The fourth-order valence-corrected chi connectivity index (χ4v) is 3.14. The molecule has 0 aromatic carbocycles. The molecule has 0 saturated heterocycles. The summed E-state index contributed by atoms with van der Waals surface area (Å²) in [7, 11) is 0. The molecule has 2 aliphatic rings. The number of hydrogen-bond acceptors (Lipinski definition) is 2. The summed E-state index contributed by atoms with van der Waals surface area (Å²) in [6.45, 7) is 4.59. The molecular formula is C13H20O2. The Kier molecular flexibility index (Phi) is 3.13. The Bertz CT molecular complexity index is 291. The van der Waals surface area contributed by atoms with Crippen LogP contribution in [0.1, 0.15) is 46.0 Å².